The van der Waals surface area contributed by atoms with E-state index < -0.39 is 0 Å². The van der Waals surface area contributed by atoms with Gasteiger partial charge in [-0.15, -0.1) is 11.3 Å². The number of unbranched alkanes of at least 4 members (excludes halogenated alkanes) is 6. The second-order valence-corrected chi connectivity index (χ2v) is 8.00. The summed E-state index contributed by atoms with van der Waals surface area (Å²) < 4.78 is 0.938. The van der Waals surface area contributed by atoms with Crippen molar-refractivity contribution < 1.29 is 0 Å². The van der Waals surface area contributed by atoms with E-state index in [-0.39, 0.29) is 0 Å². The molecule has 0 fully saturated rings. The molecule has 0 amide bonds. The quantitative estimate of drug-likeness (QED) is 0.369. The van der Waals surface area contributed by atoms with E-state index in [1.165, 1.54) is 69.1 Å². The van der Waals surface area contributed by atoms with Gasteiger partial charge in [0.2, 0.25) is 0 Å². The lowest BCUT2D eigenvalue weighted by molar-refractivity contribution is 0.370. The molecule has 0 spiro atoms. The van der Waals surface area contributed by atoms with Crippen molar-refractivity contribution in [3.63, 3.8) is 0 Å². The first-order valence-electron chi connectivity index (χ1n) is 8.38. The Morgan fingerprint density at radius 2 is 1.45 bits per heavy atom. The van der Waals surface area contributed by atoms with Gasteiger partial charge in [0.1, 0.15) is 0 Å². The smallest absolute Gasteiger partial charge is 0.0931 e. The molecule has 0 radical (unpaired) electrons. The van der Waals surface area contributed by atoms with Gasteiger partial charge in [-0.2, -0.15) is 0 Å². The van der Waals surface area contributed by atoms with Crippen LogP contribution >= 0.6 is 22.9 Å². The molecule has 0 saturated carbocycles. The molecule has 1 heterocycles. The molecule has 2 heteroatoms. The predicted molar refractivity (Wildman–Crippen MR) is 94.2 cm³/mol. The third-order valence-corrected chi connectivity index (χ3v) is 5.87. The summed E-state index contributed by atoms with van der Waals surface area (Å²) in [6, 6.07) is 4.32. The highest BCUT2D eigenvalue weighted by atomic mass is 35.5. The van der Waals surface area contributed by atoms with Crippen LogP contribution < -0.4 is 0 Å². The van der Waals surface area contributed by atoms with E-state index in [1.807, 2.05) is 0 Å². The maximum atomic E-state index is 6.15. The highest BCUT2D eigenvalue weighted by molar-refractivity contribution is 7.16. The van der Waals surface area contributed by atoms with Crippen molar-refractivity contribution in [2.24, 2.45) is 0 Å². The maximum Gasteiger partial charge on any atom is 0.0931 e. The van der Waals surface area contributed by atoms with Gasteiger partial charge in [-0.25, -0.2) is 0 Å². The normalized spacial score (nSPS) is 12.0. The standard InChI is InChI=1S/C18H31ClS/c1-4-6-8-10-14-18(3,15-11-9-7-5-2)16-12-13-17(19)20-16/h12-13H,4-11,14-15H2,1-3H3. The Balaban J connectivity index is 2.57. The average molecular weight is 315 g/mol. The molecule has 0 saturated heterocycles. The van der Waals surface area contributed by atoms with E-state index in [2.05, 4.69) is 32.9 Å². The van der Waals surface area contributed by atoms with Crippen molar-refractivity contribution in [1.82, 2.24) is 0 Å². The van der Waals surface area contributed by atoms with Gasteiger partial charge in [-0.05, 0) is 25.0 Å². The minimum Gasteiger partial charge on any atom is -0.128 e. The summed E-state index contributed by atoms with van der Waals surface area (Å²) in [4.78, 5) is 1.50. The van der Waals surface area contributed by atoms with Gasteiger partial charge >= 0.3 is 0 Å². The molecule has 1 aromatic heterocycles. The van der Waals surface area contributed by atoms with Crippen LogP contribution in [0.15, 0.2) is 12.1 Å². The summed E-state index contributed by atoms with van der Waals surface area (Å²) in [6.45, 7) is 7.01. The van der Waals surface area contributed by atoms with E-state index in [0.717, 1.165) is 4.34 Å². The number of hydrogen-bond acceptors (Lipinski definition) is 1. The average Bonchev–Trinajstić information content (AvgIpc) is 2.87. The second kappa shape index (κ2) is 9.84. The zero-order valence-corrected chi connectivity index (χ0v) is 15.1. The maximum absolute atomic E-state index is 6.15. The van der Waals surface area contributed by atoms with E-state index in [0.29, 0.717) is 5.41 Å². The topological polar surface area (TPSA) is 0 Å². The summed E-state index contributed by atoms with van der Waals surface area (Å²) >= 11 is 7.94. The Morgan fingerprint density at radius 1 is 0.900 bits per heavy atom. The van der Waals surface area contributed by atoms with Crippen molar-refractivity contribution >= 4 is 22.9 Å². The van der Waals surface area contributed by atoms with Crippen molar-refractivity contribution in [3.05, 3.63) is 21.3 Å². The highest BCUT2D eigenvalue weighted by Crippen LogP contribution is 2.40. The zero-order valence-electron chi connectivity index (χ0n) is 13.5. The molecule has 116 valence electrons. The lowest BCUT2D eigenvalue weighted by Gasteiger charge is -2.29. The molecule has 1 rings (SSSR count). The van der Waals surface area contributed by atoms with Crippen molar-refractivity contribution in [2.45, 2.75) is 90.4 Å². The third kappa shape index (κ3) is 6.18. The lowest BCUT2D eigenvalue weighted by Crippen LogP contribution is -2.20. The van der Waals surface area contributed by atoms with E-state index in [1.54, 1.807) is 11.3 Å². The van der Waals surface area contributed by atoms with Gasteiger partial charge < -0.3 is 0 Å². The summed E-state index contributed by atoms with van der Waals surface area (Å²) in [5.74, 6) is 0. The number of hydrogen-bond donors (Lipinski definition) is 0. The van der Waals surface area contributed by atoms with Gasteiger partial charge in [-0.1, -0.05) is 83.7 Å². The molecule has 0 aliphatic heterocycles. The molecular weight excluding hydrogens is 284 g/mol. The Labute approximate surface area is 134 Å². The fraction of sp³-hybridized carbons (Fsp3) is 0.778. The van der Waals surface area contributed by atoms with E-state index in [4.69, 9.17) is 11.6 Å². The Morgan fingerprint density at radius 3 is 1.85 bits per heavy atom. The lowest BCUT2D eigenvalue weighted by atomic mass is 9.78. The molecule has 0 atom stereocenters. The summed E-state index contributed by atoms with van der Waals surface area (Å²) in [5, 5.41) is 0. The van der Waals surface area contributed by atoms with Crippen LogP contribution in [-0.4, -0.2) is 0 Å². The van der Waals surface area contributed by atoms with Crippen LogP contribution in [0.1, 0.15) is 89.9 Å². The first kappa shape index (κ1) is 18.0. The molecule has 0 aromatic carbocycles. The fourth-order valence-corrected chi connectivity index (χ4v) is 4.14. The van der Waals surface area contributed by atoms with Crippen molar-refractivity contribution in [3.8, 4) is 0 Å². The largest absolute Gasteiger partial charge is 0.128 e. The van der Waals surface area contributed by atoms with Gasteiger partial charge in [0.25, 0.3) is 0 Å². The number of halogens is 1. The van der Waals surface area contributed by atoms with E-state index in [9.17, 15) is 0 Å². The first-order chi connectivity index (χ1) is 9.62. The Bertz CT molecular complexity index is 344. The van der Waals surface area contributed by atoms with Crippen LogP contribution in [0.25, 0.3) is 0 Å². The number of rotatable bonds is 11. The molecule has 0 aliphatic carbocycles. The molecule has 0 nitrogen and oxygen atoms in total. The van der Waals surface area contributed by atoms with Crippen LogP contribution in [0, 0.1) is 0 Å². The molecule has 20 heavy (non-hydrogen) atoms. The number of thiophene rings is 1. The Kier molecular flexibility index (Phi) is 8.88. The molecule has 1 aromatic rings. The van der Waals surface area contributed by atoms with Crippen LogP contribution in [0.5, 0.6) is 0 Å². The molecule has 0 N–H and O–H groups in total. The van der Waals surface area contributed by atoms with Gasteiger partial charge in [-0.3, -0.25) is 0 Å². The first-order valence-corrected chi connectivity index (χ1v) is 9.57. The summed E-state index contributed by atoms with van der Waals surface area (Å²) in [7, 11) is 0. The van der Waals surface area contributed by atoms with Crippen molar-refractivity contribution in [1.29, 1.82) is 0 Å². The SMILES string of the molecule is CCCCCCC(C)(CCCCCC)c1ccc(Cl)s1. The molecular formula is C18H31ClS. The third-order valence-electron chi connectivity index (χ3n) is 4.33. The van der Waals surface area contributed by atoms with Crippen LogP contribution in [0.2, 0.25) is 4.34 Å². The second-order valence-electron chi connectivity index (χ2n) is 6.29. The molecule has 0 aliphatic rings. The van der Waals surface area contributed by atoms with Crippen LogP contribution in [-0.2, 0) is 5.41 Å². The zero-order chi connectivity index (χ0) is 14.8. The highest BCUT2D eigenvalue weighted by Gasteiger charge is 2.27. The minimum atomic E-state index is 0.347. The molecule has 0 bridgehead atoms. The summed E-state index contributed by atoms with van der Waals surface area (Å²) in [6.07, 6.45) is 13.5. The van der Waals surface area contributed by atoms with Gasteiger partial charge in [0.15, 0.2) is 0 Å². The van der Waals surface area contributed by atoms with Crippen LogP contribution in [0.3, 0.4) is 0 Å². The minimum absolute atomic E-state index is 0.347. The monoisotopic (exact) mass is 314 g/mol. The fourth-order valence-electron chi connectivity index (χ4n) is 2.89. The van der Waals surface area contributed by atoms with Gasteiger partial charge in [0, 0.05) is 10.3 Å². The van der Waals surface area contributed by atoms with E-state index >= 15 is 0 Å². The van der Waals surface area contributed by atoms with Crippen molar-refractivity contribution in [2.75, 3.05) is 0 Å². The molecule has 0 unspecified atom stereocenters. The van der Waals surface area contributed by atoms with Gasteiger partial charge in [0.05, 0.1) is 4.34 Å². The van der Waals surface area contributed by atoms with Crippen LogP contribution in [0.4, 0.5) is 0 Å². The summed E-state index contributed by atoms with van der Waals surface area (Å²) in [5.41, 5.74) is 0.347. The predicted octanol–water partition coefficient (Wildman–Crippen LogP) is 7.60. The Hall–Kier alpha value is -0.0100.